The first-order valence-electron chi connectivity index (χ1n) is 10.5. The maximum atomic E-state index is 12.6. The molecule has 170 valence electrons. The van der Waals surface area contributed by atoms with Gasteiger partial charge in [0.2, 0.25) is 5.91 Å². The third kappa shape index (κ3) is 6.01. The van der Waals surface area contributed by atoms with Crippen molar-refractivity contribution in [1.29, 1.82) is 0 Å². The summed E-state index contributed by atoms with van der Waals surface area (Å²) in [4.78, 5) is 40.1. The van der Waals surface area contributed by atoms with Crippen LogP contribution < -0.4 is 9.47 Å². The molecule has 0 atom stereocenters. The zero-order chi connectivity index (χ0) is 23.1. The summed E-state index contributed by atoms with van der Waals surface area (Å²) >= 11 is 5.97. The molecule has 1 fully saturated rings. The molecule has 1 heterocycles. The second-order valence-corrected chi connectivity index (χ2v) is 7.99. The van der Waals surface area contributed by atoms with E-state index < -0.39 is 0 Å². The predicted octanol–water partition coefficient (Wildman–Crippen LogP) is 3.69. The van der Waals surface area contributed by atoms with E-state index in [1.54, 1.807) is 52.3 Å². The van der Waals surface area contributed by atoms with E-state index in [0.29, 0.717) is 73.3 Å². The number of ether oxygens (including phenoxy) is 2. The molecule has 2 amide bonds. The zero-order valence-corrected chi connectivity index (χ0v) is 19.1. The molecule has 8 heteroatoms. The summed E-state index contributed by atoms with van der Waals surface area (Å²) in [5.74, 6) is 0.956. The summed E-state index contributed by atoms with van der Waals surface area (Å²) in [6.45, 7) is 3.85. The fourth-order valence-electron chi connectivity index (χ4n) is 3.53. The number of piperazine rings is 1. The van der Waals surface area contributed by atoms with E-state index in [9.17, 15) is 14.4 Å². The lowest BCUT2D eigenvalue weighted by Gasteiger charge is -2.35. The van der Waals surface area contributed by atoms with Crippen molar-refractivity contribution in [2.24, 2.45) is 0 Å². The lowest BCUT2D eigenvalue weighted by atomic mass is 10.1. The van der Waals surface area contributed by atoms with E-state index in [0.717, 1.165) is 0 Å². The van der Waals surface area contributed by atoms with Gasteiger partial charge in [-0.25, -0.2) is 0 Å². The van der Waals surface area contributed by atoms with E-state index >= 15 is 0 Å². The molecular weight excluding hydrogens is 432 g/mol. The number of hydrogen-bond acceptors (Lipinski definition) is 5. The Morgan fingerprint density at radius 3 is 2.31 bits per heavy atom. The topological polar surface area (TPSA) is 76.2 Å². The number of halogens is 1. The molecule has 1 aliphatic heterocycles. The van der Waals surface area contributed by atoms with Crippen molar-refractivity contribution in [3.8, 4) is 11.5 Å². The van der Waals surface area contributed by atoms with Crippen LogP contribution in [0.15, 0.2) is 42.5 Å². The van der Waals surface area contributed by atoms with Gasteiger partial charge in [0.25, 0.3) is 5.91 Å². The summed E-state index contributed by atoms with van der Waals surface area (Å²) < 4.78 is 11.0. The number of benzene rings is 2. The lowest BCUT2D eigenvalue weighted by Crippen LogP contribution is -2.50. The number of nitrogens with zero attached hydrogens (tertiary/aromatic N) is 2. The van der Waals surface area contributed by atoms with E-state index in [-0.39, 0.29) is 17.6 Å². The first kappa shape index (κ1) is 23.6. The average molecular weight is 459 g/mol. The van der Waals surface area contributed by atoms with Gasteiger partial charge in [-0.3, -0.25) is 14.4 Å². The molecule has 0 saturated carbocycles. The molecule has 0 aliphatic carbocycles. The van der Waals surface area contributed by atoms with Gasteiger partial charge in [0.1, 0.15) is 0 Å². The molecule has 0 spiro atoms. The van der Waals surface area contributed by atoms with E-state index in [1.165, 1.54) is 14.0 Å². The highest BCUT2D eigenvalue weighted by Gasteiger charge is 2.24. The summed E-state index contributed by atoms with van der Waals surface area (Å²) in [5.41, 5.74) is 1.11. The van der Waals surface area contributed by atoms with Gasteiger partial charge in [0.15, 0.2) is 17.3 Å². The fourth-order valence-corrected chi connectivity index (χ4v) is 3.72. The number of methoxy groups -OCH3 is 1. The smallest absolute Gasteiger partial charge is 0.254 e. The molecule has 0 N–H and O–H groups in total. The molecular formula is C24H27ClN2O5. The van der Waals surface area contributed by atoms with Gasteiger partial charge in [-0.1, -0.05) is 17.7 Å². The van der Waals surface area contributed by atoms with Gasteiger partial charge in [0, 0.05) is 48.7 Å². The van der Waals surface area contributed by atoms with Crippen molar-refractivity contribution in [2.75, 3.05) is 39.9 Å². The maximum Gasteiger partial charge on any atom is 0.254 e. The van der Waals surface area contributed by atoms with E-state index in [1.807, 2.05) is 0 Å². The molecule has 0 radical (unpaired) electrons. The van der Waals surface area contributed by atoms with Crippen molar-refractivity contribution >= 4 is 29.2 Å². The van der Waals surface area contributed by atoms with Gasteiger partial charge in [-0.05, 0) is 49.7 Å². The standard InChI is InChI=1S/C24H27ClN2O5/c1-17(28)18-8-9-21(22(16-18)31-2)32-14-4-7-23(29)26-10-12-27(13-11-26)24(30)19-5-3-6-20(25)15-19/h3,5-6,8-9,15-16H,4,7,10-14H2,1-2H3. The Hall–Kier alpha value is -3.06. The van der Waals surface area contributed by atoms with Crippen LogP contribution in [-0.2, 0) is 4.79 Å². The Kier molecular flexibility index (Phi) is 8.11. The predicted molar refractivity (Wildman–Crippen MR) is 122 cm³/mol. The van der Waals surface area contributed by atoms with Crippen molar-refractivity contribution in [3.05, 3.63) is 58.6 Å². The second-order valence-electron chi connectivity index (χ2n) is 7.56. The van der Waals surface area contributed by atoms with E-state index in [4.69, 9.17) is 21.1 Å². The molecule has 1 saturated heterocycles. The Bertz CT molecular complexity index is 986. The van der Waals surface area contributed by atoms with Crippen molar-refractivity contribution in [2.45, 2.75) is 19.8 Å². The van der Waals surface area contributed by atoms with Gasteiger partial charge < -0.3 is 19.3 Å². The number of rotatable bonds is 8. The minimum absolute atomic E-state index is 0.0438. The third-order valence-corrected chi connectivity index (χ3v) is 5.59. The Morgan fingerprint density at radius 2 is 1.66 bits per heavy atom. The van der Waals surface area contributed by atoms with Crippen LogP contribution in [-0.4, -0.2) is 67.3 Å². The van der Waals surface area contributed by atoms with Crippen molar-refractivity contribution < 1.29 is 23.9 Å². The molecule has 0 bridgehead atoms. The molecule has 7 nitrogen and oxygen atoms in total. The van der Waals surface area contributed by atoms with Gasteiger partial charge in [-0.2, -0.15) is 0 Å². The Labute approximate surface area is 192 Å². The number of amides is 2. The Balaban J connectivity index is 1.42. The van der Waals surface area contributed by atoms with Crippen molar-refractivity contribution in [3.63, 3.8) is 0 Å². The largest absolute Gasteiger partial charge is 0.493 e. The molecule has 2 aromatic carbocycles. The van der Waals surface area contributed by atoms with Crippen LogP contribution in [0.1, 0.15) is 40.5 Å². The van der Waals surface area contributed by atoms with Crippen LogP contribution in [0.4, 0.5) is 0 Å². The highest BCUT2D eigenvalue weighted by molar-refractivity contribution is 6.30. The van der Waals surface area contributed by atoms with Gasteiger partial charge in [-0.15, -0.1) is 0 Å². The first-order valence-corrected chi connectivity index (χ1v) is 10.9. The maximum absolute atomic E-state index is 12.6. The van der Waals surface area contributed by atoms with Crippen LogP contribution in [0.5, 0.6) is 11.5 Å². The minimum Gasteiger partial charge on any atom is -0.493 e. The molecule has 1 aliphatic rings. The van der Waals surface area contributed by atoms with Gasteiger partial charge >= 0.3 is 0 Å². The third-order valence-electron chi connectivity index (χ3n) is 5.35. The SMILES string of the molecule is COc1cc(C(C)=O)ccc1OCCCC(=O)N1CCN(C(=O)c2cccc(Cl)c2)CC1. The molecule has 2 aromatic rings. The number of ketones is 1. The number of carbonyl (C=O) groups is 3. The summed E-state index contributed by atoms with van der Waals surface area (Å²) in [6, 6.07) is 11.9. The van der Waals surface area contributed by atoms with Crippen LogP contribution in [0.25, 0.3) is 0 Å². The number of carbonyl (C=O) groups excluding carboxylic acids is 3. The second kappa shape index (κ2) is 11.0. The number of hydrogen-bond donors (Lipinski definition) is 0. The van der Waals surface area contributed by atoms with Crippen LogP contribution in [0.2, 0.25) is 5.02 Å². The highest BCUT2D eigenvalue weighted by atomic mass is 35.5. The highest BCUT2D eigenvalue weighted by Crippen LogP contribution is 2.28. The summed E-state index contributed by atoms with van der Waals surface area (Å²) in [5, 5.41) is 0.527. The van der Waals surface area contributed by atoms with Crippen LogP contribution >= 0.6 is 11.6 Å². The molecule has 32 heavy (non-hydrogen) atoms. The number of Topliss-reactive ketones (excluding diaryl/α,β-unsaturated/α-hetero) is 1. The van der Waals surface area contributed by atoms with Gasteiger partial charge in [0.05, 0.1) is 13.7 Å². The minimum atomic E-state index is -0.0715. The zero-order valence-electron chi connectivity index (χ0n) is 18.3. The monoisotopic (exact) mass is 458 g/mol. The van der Waals surface area contributed by atoms with Crippen molar-refractivity contribution in [1.82, 2.24) is 9.80 Å². The fraction of sp³-hybridized carbons (Fsp3) is 0.375. The normalized spacial score (nSPS) is 13.6. The quantitative estimate of drug-likeness (QED) is 0.445. The summed E-state index contributed by atoms with van der Waals surface area (Å²) in [6.07, 6.45) is 0.911. The van der Waals surface area contributed by atoms with Crippen LogP contribution in [0.3, 0.4) is 0 Å². The molecule has 0 aromatic heterocycles. The molecule has 0 unspecified atom stereocenters. The average Bonchev–Trinajstić information content (AvgIpc) is 2.81. The van der Waals surface area contributed by atoms with E-state index in [2.05, 4.69) is 0 Å². The Morgan fingerprint density at radius 1 is 0.938 bits per heavy atom. The first-order chi connectivity index (χ1) is 15.4. The van der Waals surface area contributed by atoms with Crippen LogP contribution in [0, 0.1) is 0 Å². The summed E-state index contributed by atoms with van der Waals surface area (Å²) in [7, 11) is 1.52. The molecule has 3 rings (SSSR count). The lowest BCUT2D eigenvalue weighted by molar-refractivity contribution is -0.132.